The molecule has 5 nitrogen and oxygen atoms in total. The molecule has 7 heteroatoms. The molecule has 0 aromatic heterocycles. The molecule has 0 spiro atoms. The second-order valence-electron chi connectivity index (χ2n) is 5.96. The number of amides is 1. The Hall–Kier alpha value is -2.18. The second-order valence-corrected chi connectivity index (χ2v) is 5.96. The van der Waals surface area contributed by atoms with Gasteiger partial charge in [0.05, 0.1) is 12.0 Å². The zero-order chi connectivity index (χ0) is 17.0. The summed E-state index contributed by atoms with van der Waals surface area (Å²) in [5, 5.41) is 9.14. The Kier molecular flexibility index (Phi) is 5.18. The number of hydrogen-bond donors (Lipinski definition) is 1. The molecule has 1 aromatic carbocycles. The molecule has 0 radical (unpaired) electrons. The summed E-state index contributed by atoms with van der Waals surface area (Å²) >= 11 is 0. The van der Waals surface area contributed by atoms with Gasteiger partial charge in [-0.15, -0.1) is 0 Å². The van der Waals surface area contributed by atoms with Crippen molar-refractivity contribution in [2.24, 2.45) is 5.41 Å². The number of aliphatic carboxylic acids is 1. The van der Waals surface area contributed by atoms with E-state index in [1.165, 1.54) is 11.0 Å². The van der Waals surface area contributed by atoms with E-state index in [0.29, 0.717) is 19.4 Å². The van der Waals surface area contributed by atoms with Crippen molar-refractivity contribution in [1.82, 2.24) is 4.90 Å². The van der Waals surface area contributed by atoms with Crippen LogP contribution in [0, 0.1) is 17.0 Å². The first kappa shape index (κ1) is 17.2. The molecule has 0 aliphatic carbocycles. The van der Waals surface area contributed by atoms with E-state index < -0.39 is 23.0 Å². The van der Waals surface area contributed by atoms with Crippen LogP contribution in [0.3, 0.4) is 0 Å². The van der Waals surface area contributed by atoms with Crippen molar-refractivity contribution >= 4 is 11.9 Å². The molecule has 1 heterocycles. The van der Waals surface area contributed by atoms with Crippen LogP contribution in [0.5, 0.6) is 5.75 Å². The average Bonchev–Trinajstić information content (AvgIpc) is 2.89. The molecule has 1 saturated heterocycles. The lowest BCUT2D eigenvalue weighted by molar-refractivity contribution is -0.147. The van der Waals surface area contributed by atoms with Gasteiger partial charge in [0.2, 0.25) is 5.91 Å². The van der Waals surface area contributed by atoms with Crippen LogP contribution in [0.4, 0.5) is 8.78 Å². The normalized spacial score (nSPS) is 20.6. The Morgan fingerprint density at radius 1 is 1.39 bits per heavy atom. The topological polar surface area (TPSA) is 66.8 Å². The van der Waals surface area contributed by atoms with E-state index in [2.05, 4.69) is 0 Å². The minimum atomic E-state index is -0.900. The predicted molar refractivity (Wildman–Crippen MR) is 78.0 cm³/mol. The van der Waals surface area contributed by atoms with Crippen molar-refractivity contribution < 1.29 is 28.2 Å². The maximum Gasteiger partial charge on any atom is 0.311 e. The lowest BCUT2D eigenvalue weighted by atomic mass is 9.90. The van der Waals surface area contributed by atoms with Gasteiger partial charge in [-0.3, -0.25) is 9.59 Å². The number of carboxylic acid groups (broad SMARTS) is 1. The Bertz CT molecular complexity index is 608. The molecular weight excluding hydrogens is 308 g/mol. The van der Waals surface area contributed by atoms with Crippen molar-refractivity contribution in [2.45, 2.75) is 26.2 Å². The lowest BCUT2D eigenvalue weighted by Crippen LogP contribution is -2.34. The molecule has 1 fully saturated rings. The second kappa shape index (κ2) is 6.93. The quantitative estimate of drug-likeness (QED) is 0.815. The van der Waals surface area contributed by atoms with E-state index in [-0.39, 0.29) is 31.2 Å². The molecule has 1 aromatic rings. The Morgan fingerprint density at radius 2 is 2.13 bits per heavy atom. The third-order valence-electron chi connectivity index (χ3n) is 4.03. The zero-order valence-electron chi connectivity index (χ0n) is 12.8. The molecule has 1 atom stereocenters. The highest BCUT2D eigenvalue weighted by Crippen LogP contribution is 2.30. The van der Waals surface area contributed by atoms with Crippen LogP contribution in [0.1, 0.15) is 26.2 Å². The van der Waals surface area contributed by atoms with Crippen molar-refractivity contribution in [3.8, 4) is 5.75 Å². The van der Waals surface area contributed by atoms with Crippen molar-refractivity contribution in [1.29, 1.82) is 0 Å². The minimum absolute atomic E-state index is 0.0570. The largest absolute Gasteiger partial charge is 0.491 e. The summed E-state index contributed by atoms with van der Waals surface area (Å²) in [6.45, 7) is 2.38. The fourth-order valence-corrected chi connectivity index (χ4v) is 2.50. The summed E-state index contributed by atoms with van der Waals surface area (Å²) in [5.74, 6) is -2.56. The van der Waals surface area contributed by atoms with Crippen LogP contribution in [-0.4, -0.2) is 41.6 Å². The van der Waals surface area contributed by atoms with Crippen molar-refractivity contribution in [3.63, 3.8) is 0 Å². The number of carbonyl (C=O) groups is 2. The van der Waals surface area contributed by atoms with Crippen LogP contribution in [0.15, 0.2) is 18.2 Å². The highest BCUT2D eigenvalue weighted by molar-refractivity contribution is 5.80. The number of benzene rings is 1. The zero-order valence-corrected chi connectivity index (χ0v) is 12.8. The number of ether oxygens (including phenoxy) is 1. The summed E-state index contributed by atoms with van der Waals surface area (Å²) in [6, 6.07) is 3.03. The van der Waals surface area contributed by atoms with Crippen LogP contribution >= 0.6 is 0 Å². The van der Waals surface area contributed by atoms with Gasteiger partial charge in [-0.25, -0.2) is 8.78 Å². The van der Waals surface area contributed by atoms with Gasteiger partial charge in [-0.05, 0) is 31.9 Å². The number of carboxylic acids is 1. The maximum absolute atomic E-state index is 13.3. The monoisotopic (exact) mass is 327 g/mol. The summed E-state index contributed by atoms with van der Waals surface area (Å²) in [6.07, 6.45) is 1.000. The number of carbonyl (C=O) groups excluding carboxylic acids is 1. The molecule has 1 aliphatic heterocycles. The first-order valence-corrected chi connectivity index (χ1v) is 7.41. The van der Waals surface area contributed by atoms with Gasteiger partial charge in [-0.1, -0.05) is 0 Å². The van der Waals surface area contributed by atoms with E-state index in [4.69, 9.17) is 9.84 Å². The van der Waals surface area contributed by atoms with E-state index in [1.807, 2.05) is 0 Å². The van der Waals surface area contributed by atoms with Crippen LogP contribution in [0.2, 0.25) is 0 Å². The molecule has 0 bridgehead atoms. The molecule has 2 rings (SSSR count). The highest BCUT2D eigenvalue weighted by Gasteiger charge is 2.41. The molecule has 126 valence electrons. The van der Waals surface area contributed by atoms with E-state index >= 15 is 0 Å². The van der Waals surface area contributed by atoms with Gasteiger partial charge < -0.3 is 14.7 Å². The number of likely N-dealkylation sites (tertiary alicyclic amines) is 1. The lowest BCUT2D eigenvalue weighted by Gasteiger charge is -2.20. The molecule has 1 amide bonds. The Morgan fingerprint density at radius 3 is 2.74 bits per heavy atom. The molecule has 1 N–H and O–H groups in total. The Labute approximate surface area is 132 Å². The number of rotatable bonds is 6. The van der Waals surface area contributed by atoms with Gasteiger partial charge in [0, 0.05) is 25.6 Å². The predicted octanol–water partition coefficient (Wildman–Crippen LogP) is 2.45. The van der Waals surface area contributed by atoms with Gasteiger partial charge in [0.25, 0.3) is 0 Å². The number of hydrogen-bond acceptors (Lipinski definition) is 3. The number of nitrogens with zero attached hydrogens (tertiary/aromatic N) is 1. The van der Waals surface area contributed by atoms with E-state index in [9.17, 15) is 18.4 Å². The van der Waals surface area contributed by atoms with Crippen molar-refractivity contribution in [2.75, 3.05) is 19.7 Å². The molecule has 23 heavy (non-hydrogen) atoms. The fourth-order valence-electron chi connectivity index (χ4n) is 2.50. The molecule has 0 saturated carbocycles. The first-order chi connectivity index (χ1) is 10.8. The van der Waals surface area contributed by atoms with Gasteiger partial charge in [0.15, 0.2) is 11.6 Å². The SMILES string of the molecule is CC1(C(=O)O)CCN(C(=O)CCCOc2ccc(F)cc2F)C1. The molecular formula is C16H19F2NO4. The highest BCUT2D eigenvalue weighted by atomic mass is 19.1. The van der Waals surface area contributed by atoms with Crippen LogP contribution in [-0.2, 0) is 9.59 Å². The molecule has 1 unspecified atom stereocenters. The minimum Gasteiger partial charge on any atom is -0.491 e. The first-order valence-electron chi connectivity index (χ1n) is 7.41. The maximum atomic E-state index is 13.3. The summed E-state index contributed by atoms with van der Waals surface area (Å²) in [5.41, 5.74) is -0.886. The van der Waals surface area contributed by atoms with Gasteiger partial charge in [-0.2, -0.15) is 0 Å². The standard InChI is InChI=1S/C16H19F2NO4/c1-16(15(21)22)6-7-19(10-16)14(20)3-2-8-23-13-5-4-11(17)9-12(13)18/h4-5,9H,2-3,6-8,10H2,1H3,(H,21,22). The number of halogens is 2. The third-order valence-corrected chi connectivity index (χ3v) is 4.03. The van der Waals surface area contributed by atoms with Gasteiger partial charge >= 0.3 is 5.97 Å². The Balaban J connectivity index is 1.74. The fraction of sp³-hybridized carbons (Fsp3) is 0.500. The van der Waals surface area contributed by atoms with Crippen LogP contribution < -0.4 is 4.74 Å². The molecule has 1 aliphatic rings. The smallest absolute Gasteiger partial charge is 0.311 e. The summed E-state index contributed by atoms with van der Waals surface area (Å²) < 4.78 is 31.3. The van der Waals surface area contributed by atoms with Gasteiger partial charge in [0.1, 0.15) is 5.82 Å². The van der Waals surface area contributed by atoms with Crippen LogP contribution in [0.25, 0.3) is 0 Å². The third kappa shape index (κ3) is 4.18. The van der Waals surface area contributed by atoms with E-state index in [1.54, 1.807) is 6.92 Å². The average molecular weight is 327 g/mol. The van der Waals surface area contributed by atoms with Crippen molar-refractivity contribution in [3.05, 3.63) is 29.8 Å². The summed E-state index contributed by atoms with van der Waals surface area (Å²) in [7, 11) is 0. The van der Waals surface area contributed by atoms with E-state index in [0.717, 1.165) is 12.1 Å². The summed E-state index contributed by atoms with van der Waals surface area (Å²) in [4.78, 5) is 24.7.